The van der Waals surface area contributed by atoms with Crippen molar-refractivity contribution in [3.05, 3.63) is 0 Å². The maximum Gasteiger partial charge on any atom is 0.304 e. The van der Waals surface area contributed by atoms with Gasteiger partial charge in [0.15, 0.2) is 0 Å². The minimum Gasteiger partial charge on any atom is -0.481 e. The van der Waals surface area contributed by atoms with E-state index in [1.165, 1.54) is 13.8 Å². The number of aliphatic carboxylic acids is 1. The van der Waals surface area contributed by atoms with Gasteiger partial charge in [0.25, 0.3) is 0 Å². The van der Waals surface area contributed by atoms with Gasteiger partial charge in [-0.2, -0.15) is 0 Å². The van der Waals surface area contributed by atoms with Crippen LogP contribution in [-0.4, -0.2) is 16.7 Å². The number of hydrogen-bond acceptors (Lipinski definition) is 1. The summed E-state index contributed by atoms with van der Waals surface area (Å²) in [7, 11) is 0. The zero-order valence-corrected chi connectivity index (χ0v) is 7.44. The molecule has 1 N–H and O–H groups in total. The van der Waals surface area contributed by atoms with Gasteiger partial charge in [0.05, 0.1) is 6.42 Å². The topological polar surface area (TPSA) is 37.3 Å². The lowest BCUT2D eigenvalue weighted by Gasteiger charge is -2.33. The highest BCUT2D eigenvalue weighted by Gasteiger charge is 2.38. The smallest absolute Gasteiger partial charge is 0.304 e. The average molecular weight is 162 g/mol. The molecular weight excluding hydrogens is 147 g/mol. The molecule has 0 heterocycles. The Morgan fingerprint density at radius 2 is 1.73 bits per heavy atom. The number of rotatable bonds is 3. The standard InChI is InChI=1S/C8H15FO2/c1-7(2,5-6(10)11)8(3,4)9/h5H2,1-4H3,(H,10,11). The van der Waals surface area contributed by atoms with E-state index in [0.29, 0.717) is 0 Å². The number of halogens is 1. The van der Waals surface area contributed by atoms with Crippen LogP contribution in [0, 0.1) is 5.41 Å². The second-order valence-electron chi connectivity index (χ2n) is 3.93. The average Bonchev–Trinajstić information content (AvgIpc) is 1.56. The van der Waals surface area contributed by atoms with Gasteiger partial charge in [0.2, 0.25) is 0 Å². The summed E-state index contributed by atoms with van der Waals surface area (Å²) < 4.78 is 13.3. The van der Waals surface area contributed by atoms with Crippen LogP contribution < -0.4 is 0 Å². The molecule has 0 rings (SSSR count). The molecule has 0 aliphatic rings. The molecule has 0 aromatic heterocycles. The fraction of sp³-hybridized carbons (Fsp3) is 0.875. The van der Waals surface area contributed by atoms with Crippen LogP contribution in [0.2, 0.25) is 0 Å². The molecule has 0 aromatic carbocycles. The maximum atomic E-state index is 13.3. The fourth-order valence-corrected chi connectivity index (χ4v) is 0.588. The Kier molecular flexibility index (Phi) is 2.64. The van der Waals surface area contributed by atoms with Crippen molar-refractivity contribution in [3.8, 4) is 0 Å². The number of carbonyl (C=O) groups is 1. The minimum absolute atomic E-state index is 0.142. The van der Waals surface area contributed by atoms with Crippen LogP contribution in [0.25, 0.3) is 0 Å². The molecule has 0 saturated carbocycles. The van der Waals surface area contributed by atoms with E-state index in [1.54, 1.807) is 13.8 Å². The second kappa shape index (κ2) is 2.80. The molecule has 3 heteroatoms. The number of carboxylic acid groups (broad SMARTS) is 1. The predicted octanol–water partition coefficient (Wildman–Crippen LogP) is 2.24. The predicted molar refractivity (Wildman–Crippen MR) is 41.2 cm³/mol. The van der Waals surface area contributed by atoms with Gasteiger partial charge in [-0.3, -0.25) is 4.79 Å². The van der Waals surface area contributed by atoms with Gasteiger partial charge in [-0.05, 0) is 13.8 Å². The van der Waals surface area contributed by atoms with Crippen molar-refractivity contribution in [2.45, 2.75) is 39.8 Å². The SMILES string of the molecule is CC(C)(F)C(C)(C)CC(=O)O. The summed E-state index contributed by atoms with van der Waals surface area (Å²) >= 11 is 0. The Bertz CT molecular complexity index is 156. The largest absolute Gasteiger partial charge is 0.481 e. The monoisotopic (exact) mass is 162 g/mol. The summed E-state index contributed by atoms with van der Waals surface area (Å²) in [6, 6.07) is 0. The van der Waals surface area contributed by atoms with E-state index >= 15 is 0 Å². The number of alkyl halides is 1. The van der Waals surface area contributed by atoms with Gasteiger partial charge in [-0.25, -0.2) is 4.39 Å². The first-order valence-corrected chi connectivity index (χ1v) is 3.57. The second-order valence-corrected chi connectivity index (χ2v) is 3.93. The third-order valence-electron chi connectivity index (χ3n) is 2.20. The Morgan fingerprint density at radius 1 is 1.36 bits per heavy atom. The molecule has 0 fully saturated rings. The van der Waals surface area contributed by atoms with Gasteiger partial charge in [-0.15, -0.1) is 0 Å². The van der Waals surface area contributed by atoms with Crippen molar-refractivity contribution in [2.24, 2.45) is 5.41 Å². The van der Waals surface area contributed by atoms with Crippen LogP contribution in [0.1, 0.15) is 34.1 Å². The first-order valence-electron chi connectivity index (χ1n) is 3.57. The van der Waals surface area contributed by atoms with Crippen molar-refractivity contribution in [2.75, 3.05) is 0 Å². The van der Waals surface area contributed by atoms with Crippen LogP contribution in [0.3, 0.4) is 0 Å². The van der Waals surface area contributed by atoms with Crippen molar-refractivity contribution in [1.29, 1.82) is 0 Å². The van der Waals surface area contributed by atoms with Gasteiger partial charge in [-0.1, -0.05) is 13.8 Å². The summed E-state index contributed by atoms with van der Waals surface area (Å²) in [4.78, 5) is 10.3. The Labute approximate surface area is 66.4 Å². The third kappa shape index (κ3) is 2.87. The molecule has 0 aliphatic carbocycles. The number of hydrogen-bond donors (Lipinski definition) is 1. The minimum atomic E-state index is -1.45. The van der Waals surface area contributed by atoms with Crippen LogP contribution in [0.4, 0.5) is 4.39 Å². The lowest BCUT2D eigenvalue weighted by molar-refractivity contribution is -0.141. The first kappa shape index (κ1) is 10.4. The van der Waals surface area contributed by atoms with E-state index in [2.05, 4.69) is 0 Å². The van der Waals surface area contributed by atoms with Crippen molar-refractivity contribution >= 4 is 5.97 Å². The molecule has 11 heavy (non-hydrogen) atoms. The third-order valence-corrected chi connectivity index (χ3v) is 2.20. The van der Waals surface area contributed by atoms with E-state index in [0.717, 1.165) is 0 Å². The molecule has 2 nitrogen and oxygen atoms in total. The van der Waals surface area contributed by atoms with E-state index < -0.39 is 17.1 Å². The summed E-state index contributed by atoms with van der Waals surface area (Å²) in [5.41, 5.74) is -2.26. The van der Waals surface area contributed by atoms with Crippen molar-refractivity contribution in [3.63, 3.8) is 0 Å². The Balaban J connectivity index is 4.34. The molecule has 0 saturated heterocycles. The van der Waals surface area contributed by atoms with Gasteiger partial charge >= 0.3 is 5.97 Å². The summed E-state index contributed by atoms with van der Waals surface area (Å²) in [6.45, 7) is 6.02. The Hall–Kier alpha value is -0.600. The lowest BCUT2D eigenvalue weighted by atomic mass is 9.76. The maximum absolute atomic E-state index is 13.3. The summed E-state index contributed by atoms with van der Waals surface area (Å²) in [5.74, 6) is -0.958. The molecule has 0 unspecified atom stereocenters. The molecule has 0 bridgehead atoms. The molecule has 0 amide bonds. The highest BCUT2D eigenvalue weighted by Crippen LogP contribution is 2.36. The van der Waals surface area contributed by atoms with Crippen LogP contribution >= 0.6 is 0 Å². The molecule has 0 atom stereocenters. The van der Waals surface area contributed by atoms with E-state index in [-0.39, 0.29) is 6.42 Å². The molecule has 0 aliphatic heterocycles. The molecule has 0 spiro atoms. The highest BCUT2D eigenvalue weighted by atomic mass is 19.1. The quantitative estimate of drug-likeness (QED) is 0.691. The van der Waals surface area contributed by atoms with E-state index in [9.17, 15) is 9.18 Å². The first-order chi connectivity index (χ1) is 4.67. The molecule has 0 radical (unpaired) electrons. The van der Waals surface area contributed by atoms with Crippen molar-refractivity contribution < 1.29 is 14.3 Å². The lowest BCUT2D eigenvalue weighted by Crippen LogP contribution is -2.36. The normalized spacial score (nSPS) is 13.2. The van der Waals surface area contributed by atoms with Crippen molar-refractivity contribution in [1.82, 2.24) is 0 Å². The van der Waals surface area contributed by atoms with Crippen LogP contribution in [0.5, 0.6) is 0 Å². The van der Waals surface area contributed by atoms with Crippen LogP contribution in [0.15, 0.2) is 0 Å². The molecule has 0 aromatic rings. The zero-order chi connectivity index (χ0) is 9.28. The van der Waals surface area contributed by atoms with Gasteiger partial charge in [0.1, 0.15) is 5.67 Å². The molecular formula is C8H15FO2. The molecule has 66 valence electrons. The zero-order valence-electron chi connectivity index (χ0n) is 7.44. The van der Waals surface area contributed by atoms with E-state index in [1.807, 2.05) is 0 Å². The van der Waals surface area contributed by atoms with Gasteiger partial charge in [0, 0.05) is 5.41 Å². The Morgan fingerprint density at radius 3 is 1.82 bits per heavy atom. The summed E-state index contributed by atoms with van der Waals surface area (Å²) in [5, 5.41) is 8.45. The van der Waals surface area contributed by atoms with Crippen LogP contribution in [-0.2, 0) is 4.79 Å². The number of carboxylic acids is 1. The fourth-order valence-electron chi connectivity index (χ4n) is 0.588. The van der Waals surface area contributed by atoms with Gasteiger partial charge < -0.3 is 5.11 Å². The highest BCUT2D eigenvalue weighted by molar-refractivity contribution is 5.67. The summed E-state index contributed by atoms with van der Waals surface area (Å²) in [6.07, 6.45) is -0.142. The van der Waals surface area contributed by atoms with E-state index in [4.69, 9.17) is 5.11 Å².